The maximum atomic E-state index is 12.8. The summed E-state index contributed by atoms with van der Waals surface area (Å²) in [7, 11) is 0. The van der Waals surface area contributed by atoms with E-state index in [9.17, 15) is 9.59 Å². The number of rotatable bonds is 7. The van der Waals surface area contributed by atoms with Gasteiger partial charge in [-0.15, -0.1) is 0 Å². The second-order valence-electron chi connectivity index (χ2n) is 7.71. The zero-order chi connectivity index (χ0) is 19.1. The Labute approximate surface area is 157 Å². The van der Waals surface area contributed by atoms with Crippen LogP contribution in [0, 0.1) is 5.92 Å². The number of benzene rings is 1. The van der Waals surface area contributed by atoms with Gasteiger partial charge in [-0.3, -0.25) is 9.59 Å². The molecule has 1 aliphatic rings. The molecule has 1 fully saturated rings. The molecule has 0 aromatic heterocycles. The molecule has 2 N–H and O–H groups in total. The van der Waals surface area contributed by atoms with Crippen molar-refractivity contribution < 1.29 is 9.59 Å². The minimum atomic E-state index is -0.0696. The van der Waals surface area contributed by atoms with Gasteiger partial charge in [0.05, 0.1) is 5.56 Å². The number of piperidine rings is 1. The van der Waals surface area contributed by atoms with Gasteiger partial charge < -0.3 is 15.5 Å². The summed E-state index contributed by atoms with van der Waals surface area (Å²) in [5, 5.41) is 5.99. The number of carbonyl (C=O) groups excluding carboxylic acids is 2. The van der Waals surface area contributed by atoms with Crippen LogP contribution in [0.2, 0.25) is 0 Å². The zero-order valence-electron chi connectivity index (χ0n) is 16.6. The maximum Gasteiger partial charge on any atom is 0.253 e. The normalized spacial score (nSPS) is 15.7. The number of hydrogen-bond acceptors (Lipinski definition) is 3. The Morgan fingerprint density at radius 2 is 1.81 bits per heavy atom. The summed E-state index contributed by atoms with van der Waals surface area (Å²) in [6.07, 6.45) is 4.91. The van der Waals surface area contributed by atoms with E-state index in [2.05, 4.69) is 22.5 Å². The second kappa shape index (κ2) is 9.60. The predicted molar refractivity (Wildman–Crippen MR) is 108 cm³/mol. The van der Waals surface area contributed by atoms with Crippen LogP contribution < -0.4 is 15.5 Å². The van der Waals surface area contributed by atoms with Gasteiger partial charge in [0.25, 0.3) is 5.91 Å². The van der Waals surface area contributed by atoms with Crippen LogP contribution in [0.1, 0.15) is 70.2 Å². The minimum absolute atomic E-state index is 0.0148. The van der Waals surface area contributed by atoms with Crippen LogP contribution in [0.15, 0.2) is 18.2 Å². The lowest BCUT2D eigenvalue weighted by atomic mass is 10.0. The quantitative estimate of drug-likeness (QED) is 0.767. The van der Waals surface area contributed by atoms with E-state index < -0.39 is 0 Å². The highest BCUT2D eigenvalue weighted by atomic mass is 16.2. The van der Waals surface area contributed by atoms with E-state index in [1.54, 1.807) is 0 Å². The van der Waals surface area contributed by atoms with Crippen molar-refractivity contribution in [1.82, 2.24) is 5.32 Å². The summed E-state index contributed by atoms with van der Waals surface area (Å²) in [5.41, 5.74) is 2.30. The fourth-order valence-corrected chi connectivity index (χ4v) is 3.19. The molecule has 5 heteroatoms. The molecule has 144 valence electrons. The van der Waals surface area contributed by atoms with Crippen LogP contribution in [-0.4, -0.2) is 30.9 Å². The highest BCUT2D eigenvalue weighted by Gasteiger charge is 2.20. The third-order valence-electron chi connectivity index (χ3n) is 4.81. The first-order valence-corrected chi connectivity index (χ1v) is 9.90. The molecule has 0 aliphatic carbocycles. The van der Waals surface area contributed by atoms with Crippen LogP contribution >= 0.6 is 0 Å². The third kappa shape index (κ3) is 5.75. The standard InChI is InChI=1S/C21H33N3O2/c1-5-16(4)22-21(26)18-14-17(23-20(25)13-15(2)3)9-10-19(18)24-11-7-6-8-12-24/h9-10,14-16H,5-8,11-13H2,1-4H3,(H,22,26)(H,23,25)/t16-/m0/s1. The minimum Gasteiger partial charge on any atom is -0.371 e. The molecule has 0 unspecified atom stereocenters. The Hall–Kier alpha value is -2.04. The van der Waals surface area contributed by atoms with Crippen LogP contribution in [-0.2, 0) is 4.79 Å². The Morgan fingerprint density at radius 1 is 1.12 bits per heavy atom. The van der Waals surface area contributed by atoms with E-state index in [4.69, 9.17) is 0 Å². The fourth-order valence-electron chi connectivity index (χ4n) is 3.19. The number of nitrogens with zero attached hydrogens (tertiary/aromatic N) is 1. The van der Waals surface area contributed by atoms with Crippen molar-refractivity contribution >= 4 is 23.2 Å². The van der Waals surface area contributed by atoms with E-state index in [1.165, 1.54) is 6.42 Å². The molecular weight excluding hydrogens is 326 g/mol. The summed E-state index contributed by atoms with van der Waals surface area (Å²) in [4.78, 5) is 27.2. The predicted octanol–water partition coefficient (Wildman–Crippen LogP) is 4.19. The molecule has 1 aliphatic heterocycles. The highest BCUT2D eigenvalue weighted by molar-refractivity contribution is 6.02. The molecule has 1 aromatic rings. The highest BCUT2D eigenvalue weighted by Crippen LogP contribution is 2.27. The van der Waals surface area contributed by atoms with Gasteiger partial charge in [-0.05, 0) is 56.7 Å². The van der Waals surface area contributed by atoms with Crippen LogP contribution in [0.3, 0.4) is 0 Å². The average Bonchev–Trinajstić information content (AvgIpc) is 2.61. The monoisotopic (exact) mass is 359 g/mol. The van der Waals surface area contributed by atoms with Gasteiger partial charge in [-0.1, -0.05) is 20.8 Å². The summed E-state index contributed by atoms with van der Waals surface area (Å²) >= 11 is 0. The first-order chi connectivity index (χ1) is 12.4. The summed E-state index contributed by atoms with van der Waals surface area (Å²) in [5.74, 6) is 0.217. The molecular formula is C21H33N3O2. The first-order valence-electron chi connectivity index (χ1n) is 9.90. The van der Waals surface area contributed by atoms with E-state index in [-0.39, 0.29) is 17.9 Å². The number of amides is 2. The number of nitrogens with one attached hydrogen (secondary N) is 2. The lowest BCUT2D eigenvalue weighted by Crippen LogP contribution is -2.35. The Morgan fingerprint density at radius 3 is 2.42 bits per heavy atom. The first kappa shape index (κ1) is 20.3. The smallest absolute Gasteiger partial charge is 0.253 e. The van der Waals surface area contributed by atoms with E-state index >= 15 is 0 Å². The van der Waals surface area contributed by atoms with Crippen molar-refractivity contribution in [2.45, 2.75) is 65.8 Å². The molecule has 1 aromatic carbocycles. The molecule has 0 saturated carbocycles. The molecule has 1 saturated heterocycles. The number of carbonyl (C=O) groups is 2. The lowest BCUT2D eigenvalue weighted by molar-refractivity contribution is -0.116. The summed E-state index contributed by atoms with van der Waals surface area (Å²) in [6.45, 7) is 10.0. The van der Waals surface area contributed by atoms with E-state index in [0.717, 1.165) is 38.0 Å². The molecule has 0 radical (unpaired) electrons. The summed E-state index contributed by atoms with van der Waals surface area (Å²) < 4.78 is 0. The van der Waals surface area contributed by atoms with Crippen molar-refractivity contribution in [1.29, 1.82) is 0 Å². The second-order valence-corrected chi connectivity index (χ2v) is 7.71. The van der Waals surface area contributed by atoms with E-state index in [1.807, 2.05) is 39.0 Å². The molecule has 1 atom stereocenters. The third-order valence-corrected chi connectivity index (χ3v) is 4.81. The van der Waals surface area contributed by atoms with Crippen molar-refractivity contribution in [3.05, 3.63) is 23.8 Å². The number of hydrogen-bond donors (Lipinski definition) is 2. The van der Waals surface area contributed by atoms with Gasteiger partial charge in [0, 0.05) is 36.9 Å². The Balaban J connectivity index is 2.26. The van der Waals surface area contributed by atoms with Crippen molar-refractivity contribution in [3.63, 3.8) is 0 Å². The van der Waals surface area contributed by atoms with Crippen LogP contribution in [0.4, 0.5) is 11.4 Å². The van der Waals surface area contributed by atoms with E-state index in [0.29, 0.717) is 23.6 Å². The summed E-state index contributed by atoms with van der Waals surface area (Å²) in [6, 6.07) is 5.82. The van der Waals surface area contributed by atoms with Crippen LogP contribution in [0.25, 0.3) is 0 Å². The molecule has 0 bridgehead atoms. The zero-order valence-corrected chi connectivity index (χ0v) is 16.6. The van der Waals surface area contributed by atoms with Gasteiger partial charge in [0.2, 0.25) is 5.91 Å². The van der Waals surface area contributed by atoms with Gasteiger partial charge in [0.1, 0.15) is 0 Å². The molecule has 1 heterocycles. The lowest BCUT2D eigenvalue weighted by Gasteiger charge is -2.31. The van der Waals surface area contributed by atoms with Crippen molar-refractivity contribution in [3.8, 4) is 0 Å². The van der Waals surface area contributed by atoms with Crippen molar-refractivity contribution in [2.75, 3.05) is 23.3 Å². The van der Waals surface area contributed by atoms with Crippen LogP contribution in [0.5, 0.6) is 0 Å². The Kier molecular flexibility index (Phi) is 7.49. The molecule has 5 nitrogen and oxygen atoms in total. The fraction of sp³-hybridized carbons (Fsp3) is 0.619. The average molecular weight is 360 g/mol. The Bertz CT molecular complexity index is 622. The largest absolute Gasteiger partial charge is 0.371 e. The van der Waals surface area contributed by atoms with Crippen molar-refractivity contribution in [2.24, 2.45) is 5.92 Å². The van der Waals surface area contributed by atoms with Gasteiger partial charge in [-0.25, -0.2) is 0 Å². The molecule has 0 spiro atoms. The van der Waals surface area contributed by atoms with Gasteiger partial charge in [0.15, 0.2) is 0 Å². The topological polar surface area (TPSA) is 61.4 Å². The SMILES string of the molecule is CC[C@H](C)NC(=O)c1cc(NC(=O)CC(C)C)ccc1N1CCCCC1. The maximum absolute atomic E-state index is 12.8. The molecule has 2 amide bonds. The molecule has 26 heavy (non-hydrogen) atoms. The van der Waals surface area contributed by atoms with Gasteiger partial charge >= 0.3 is 0 Å². The molecule has 2 rings (SSSR count). The number of anilines is 2. The van der Waals surface area contributed by atoms with Gasteiger partial charge in [-0.2, -0.15) is 0 Å².